The Morgan fingerprint density at radius 3 is 2.76 bits per heavy atom. The van der Waals surface area contributed by atoms with Crippen molar-refractivity contribution in [2.24, 2.45) is 0 Å². The number of carbonyl (C=O) groups excluding carboxylic acids is 2. The minimum atomic E-state index is -0.621. The molecule has 9 heteroatoms. The number of thiocarbonyl (C=S) groups is 1. The molecule has 2 saturated heterocycles. The highest BCUT2D eigenvalue weighted by Gasteiger charge is 2.51. The number of ketones is 1. The van der Waals surface area contributed by atoms with Crippen LogP contribution < -0.4 is 10.2 Å². The Balaban J connectivity index is 1.56. The fraction of sp³-hybridized carbons (Fsp3) is 0.300. The van der Waals surface area contributed by atoms with Crippen LogP contribution in [-0.2, 0) is 4.79 Å². The summed E-state index contributed by atoms with van der Waals surface area (Å²) < 4.78 is 0. The SMILES string of the molecule is CC12CN(c3ccc(NC(=O)c4cccc(Cl)n4)cc3Cl)C(=S)N1CCCC2=O. The number of amides is 1. The van der Waals surface area contributed by atoms with Crippen LogP contribution in [0.15, 0.2) is 36.4 Å². The number of pyridine rings is 1. The minimum absolute atomic E-state index is 0.197. The van der Waals surface area contributed by atoms with Crippen LogP contribution in [0.4, 0.5) is 11.4 Å². The van der Waals surface area contributed by atoms with E-state index >= 15 is 0 Å². The zero-order valence-electron chi connectivity index (χ0n) is 15.6. The van der Waals surface area contributed by atoms with Gasteiger partial charge in [0.15, 0.2) is 10.9 Å². The molecule has 2 aliphatic heterocycles. The van der Waals surface area contributed by atoms with E-state index in [2.05, 4.69) is 10.3 Å². The summed E-state index contributed by atoms with van der Waals surface area (Å²) in [6, 6.07) is 10.0. The summed E-state index contributed by atoms with van der Waals surface area (Å²) in [5, 5.41) is 4.03. The second-order valence-electron chi connectivity index (χ2n) is 7.29. The number of benzene rings is 1. The summed E-state index contributed by atoms with van der Waals surface area (Å²) in [5.74, 6) is -0.189. The molecule has 150 valence electrons. The van der Waals surface area contributed by atoms with E-state index in [1.165, 1.54) is 0 Å². The Hall–Kier alpha value is -2.22. The van der Waals surface area contributed by atoms with E-state index in [1.807, 2.05) is 16.7 Å². The summed E-state index contributed by atoms with van der Waals surface area (Å²) in [4.78, 5) is 32.8. The number of halogens is 2. The summed E-state index contributed by atoms with van der Waals surface area (Å²) in [5.41, 5.74) is 0.820. The number of anilines is 2. The largest absolute Gasteiger partial charge is 0.335 e. The highest BCUT2D eigenvalue weighted by molar-refractivity contribution is 7.80. The lowest BCUT2D eigenvalue weighted by Crippen LogP contribution is -2.54. The van der Waals surface area contributed by atoms with Crippen molar-refractivity contribution in [1.29, 1.82) is 0 Å². The molecule has 0 aliphatic carbocycles. The van der Waals surface area contributed by atoms with Crippen molar-refractivity contribution in [3.8, 4) is 0 Å². The number of carbonyl (C=O) groups is 2. The van der Waals surface area contributed by atoms with Crippen molar-refractivity contribution in [1.82, 2.24) is 9.88 Å². The number of nitrogens with zero attached hydrogens (tertiary/aromatic N) is 3. The van der Waals surface area contributed by atoms with Gasteiger partial charge >= 0.3 is 0 Å². The molecular weight excluding hydrogens is 431 g/mol. The first-order valence-corrected chi connectivity index (χ1v) is 10.3. The highest BCUT2D eigenvalue weighted by Crippen LogP contribution is 2.39. The van der Waals surface area contributed by atoms with Gasteiger partial charge in [-0.15, -0.1) is 0 Å². The van der Waals surface area contributed by atoms with E-state index in [4.69, 9.17) is 35.4 Å². The van der Waals surface area contributed by atoms with E-state index in [9.17, 15) is 9.59 Å². The molecule has 1 unspecified atom stereocenters. The summed E-state index contributed by atoms with van der Waals surface area (Å²) in [6.45, 7) is 3.15. The number of nitrogens with one attached hydrogen (secondary N) is 1. The fourth-order valence-corrected chi connectivity index (χ4v) is 4.69. The van der Waals surface area contributed by atoms with E-state index < -0.39 is 5.54 Å². The van der Waals surface area contributed by atoms with Gasteiger partial charge in [0.2, 0.25) is 0 Å². The molecule has 0 radical (unpaired) electrons. The van der Waals surface area contributed by atoms with E-state index in [1.54, 1.807) is 36.4 Å². The molecule has 0 bridgehead atoms. The molecule has 2 fully saturated rings. The number of hydrogen-bond donors (Lipinski definition) is 1. The average molecular weight is 449 g/mol. The number of Topliss-reactive ketones (excluding diaryl/α,β-unsaturated/α-hetero) is 1. The van der Waals surface area contributed by atoms with Crippen LogP contribution in [0, 0.1) is 0 Å². The molecular formula is C20H18Cl2N4O2S. The molecule has 4 rings (SSSR count). The van der Waals surface area contributed by atoms with Gasteiger partial charge in [-0.05, 0) is 55.9 Å². The molecule has 2 aromatic rings. The molecule has 1 aromatic heterocycles. The van der Waals surface area contributed by atoms with Crippen molar-refractivity contribution in [2.75, 3.05) is 23.3 Å². The summed E-state index contributed by atoms with van der Waals surface area (Å²) in [7, 11) is 0. The van der Waals surface area contributed by atoms with Gasteiger partial charge in [-0.1, -0.05) is 29.3 Å². The van der Waals surface area contributed by atoms with Crippen LogP contribution in [0.5, 0.6) is 0 Å². The maximum Gasteiger partial charge on any atom is 0.274 e. The van der Waals surface area contributed by atoms with E-state index in [-0.39, 0.29) is 22.5 Å². The third kappa shape index (κ3) is 3.58. The van der Waals surface area contributed by atoms with Crippen LogP contribution in [0.25, 0.3) is 0 Å². The Kier molecular flexibility index (Phi) is 5.23. The molecule has 1 aromatic carbocycles. The topological polar surface area (TPSA) is 65.5 Å². The second kappa shape index (κ2) is 7.55. The minimum Gasteiger partial charge on any atom is -0.335 e. The third-order valence-electron chi connectivity index (χ3n) is 5.35. The van der Waals surface area contributed by atoms with Gasteiger partial charge < -0.3 is 15.1 Å². The first-order valence-electron chi connectivity index (χ1n) is 9.15. The molecule has 2 aliphatic rings. The van der Waals surface area contributed by atoms with Gasteiger partial charge in [0.05, 0.1) is 17.3 Å². The molecule has 0 spiro atoms. The predicted octanol–water partition coefficient (Wildman–Crippen LogP) is 4.17. The normalized spacial score (nSPS) is 21.3. The van der Waals surface area contributed by atoms with Gasteiger partial charge in [-0.25, -0.2) is 4.98 Å². The molecule has 1 amide bonds. The summed E-state index contributed by atoms with van der Waals surface area (Å²) >= 11 is 18.0. The molecule has 0 saturated carbocycles. The van der Waals surface area contributed by atoms with Crippen LogP contribution >= 0.6 is 35.4 Å². The Morgan fingerprint density at radius 1 is 1.28 bits per heavy atom. The first kappa shape index (κ1) is 20.1. The van der Waals surface area contributed by atoms with Gasteiger partial charge in [-0.3, -0.25) is 9.59 Å². The Morgan fingerprint density at radius 2 is 2.07 bits per heavy atom. The quantitative estimate of drug-likeness (QED) is 0.561. The Bertz CT molecular complexity index is 1030. The number of fused-ring (bicyclic) bond motifs is 1. The maximum absolute atomic E-state index is 12.5. The van der Waals surface area contributed by atoms with Gasteiger partial charge in [0.1, 0.15) is 16.4 Å². The van der Waals surface area contributed by atoms with Crippen LogP contribution in [0.3, 0.4) is 0 Å². The van der Waals surface area contributed by atoms with Gasteiger partial charge in [0, 0.05) is 18.7 Å². The number of aromatic nitrogens is 1. The number of piperidine rings is 1. The lowest BCUT2D eigenvalue weighted by molar-refractivity contribution is -0.129. The van der Waals surface area contributed by atoms with Crippen molar-refractivity contribution in [3.63, 3.8) is 0 Å². The van der Waals surface area contributed by atoms with Crippen molar-refractivity contribution < 1.29 is 9.59 Å². The highest BCUT2D eigenvalue weighted by atomic mass is 35.5. The van der Waals surface area contributed by atoms with Crippen LogP contribution in [-0.4, -0.2) is 45.3 Å². The van der Waals surface area contributed by atoms with Crippen LogP contribution in [0.1, 0.15) is 30.3 Å². The van der Waals surface area contributed by atoms with Crippen molar-refractivity contribution >= 4 is 63.6 Å². The van der Waals surface area contributed by atoms with Crippen LogP contribution in [0.2, 0.25) is 10.2 Å². The molecule has 29 heavy (non-hydrogen) atoms. The average Bonchev–Trinajstić information content (AvgIpc) is 2.95. The zero-order chi connectivity index (χ0) is 20.8. The molecule has 3 heterocycles. The predicted molar refractivity (Wildman–Crippen MR) is 118 cm³/mol. The number of hydrogen-bond acceptors (Lipinski definition) is 4. The lowest BCUT2D eigenvalue weighted by Gasteiger charge is -2.37. The standard InChI is InChI=1S/C20H18Cl2N4O2S/c1-20-11-25(19(29)26(20)9-3-5-16(20)27)15-8-7-12(10-13(15)21)23-18(28)14-4-2-6-17(22)24-14/h2,4,6-8,10H,3,5,9,11H2,1H3,(H,23,28). The second-order valence-corrected chi connectivity index (χ2v) is 8.45. The first-order chi connectivity index (χ1) is 13.8. The van der Waals surface area contributed by atoms with E-state index in [0.717, 1.165) is 13.0 Å². The summed E-state index contributed by atoms with van der Waals surface area (Å²) in [6.07, 6.45) is 1.37. The van der Waals surface area contributed by atoms with Crippen molar-refractivity contribution in [2.45, 2.75) is 25.3 Å². The monoisotopic (exact) mass is 448 g/mol. The maximum atomic E-state index is 12.5. The van der Waals surface area contributed by atoms with E-state index in [0.29, 0.717) is 34.5 Å². The van der Waals surface area contributed by atoms with Gasteiger partial charge in [0.25, 0.3) is 5.91 Å². The molecule has 1 N–H and O–H groups in total. The Labute approximate surface area is 183 Å². The lowest BCUT2D eigenvalue weighted by atomic mass is 9.88. The number of rotatable bonds is 3. The molecule has 6 nitrogen and oxygen atoms in total. The molecule has 1 atom stereocenters. The van der Waals surface area contributed by atoms with Crippen molar-refractivity contribution in [3.05, 3.63) is 52.3 Å². The third-order valence-corrected chi connectivity index (χ3v) is 6.31. The zero-order valence-corrected chi connectivity index (χ0v) is 17.9. The van der Waals surface area contributed by atoms with Gasteiger partial charge in [-0.2, -0.15) is 0 Å². The smallest absolute Gasteiger partial charge is 0.274 e. The fourth-order valence-electron chi connectivity index (χ4n) is 3.79.